The lowest BCUT2D eigenvalue weighted by Gasteiger charge is -2.21. The van der Waals surface area contributed by atoms with E-state index < -0.39 is 0 Å². The highest BCUT2D eigenvalue weighted by Gasteiger charge is 2.14. The van der Waals surface area contributed by atoms with Gasteiger partial charge >= 0.3 is 0 Å². The fraction of sp³-hybridized carbons (Fsp3) is 1.00. The van der Waals surface area contributed by atoms with Crippen LogP contribution in [-0.2, 0) is 9.47 Å². The third-order valence-corrected chi connectivity index (χ3v) is 1.80. The Morgan fingerprint density at radius 3 is 2.58 bits per heavy atom. The number of rotatable bonds is 7. The molecule has 0 spiro atoms. The molecule has 0 aromatic rings. The largest absolute Gasteiger partial charge is 0.380 e. The predicted octanol–water partition coefficient (Wildman–Crippen LogP) is 0.280. The summed E-state index contributed by atoms with van der Waals surface area (Å²) in [6.07, 6.45) is 1.10. The monoisotopic (exact) mass is 176 g/mol. The Balaban J connectivity index is 3.52. The molecule has 4 heteroatoms. The van der Waals surface area contributed by atoms with Crippen LogP contribution in [0.15, 0.2) is 0 Å². The summed E-state index contributed by atoms with van der Waals surface area (Å²) in [7, 11) is 1.66. The molecule has 0 rings (SSSR count). The molecule has 0 aliphatic heterocycles. The van der Waals surface area contributed by atoms with Crippen molar-refractivity contribution in [1.29, 1.82) is 0 Å². The molecule has 0 aliphatic carbocycles. The Morgan fingerprint density at radius 1 is 1.50 bits per heavy atom. The van der Waals surface area contributed by atoms with Gasteiger partial charge in [-0.25, -0.2) is 0 Å². The lowest BCUT2D eigenvalue weighted by molar-refractivity contribution is 0.0308. The SMILES string of the molecule is CCCOCC(NN)C(C)OC. The third kappa shape index (κ3) is 4.66. The van der Waals surface area contributed by atoms with Crippen molar-refractivity contribution < 1.29 is 9.47 Å². The van der Waals surface area contributed by atoms with Gasteiger partial charge in [-0.2, -0.15) is 0 Å². The van der Waals surface area contributed by atoms with Crippen LogP contribution >= 0.6 is 0 Å². The van der Waals surface area contributed by atoms with E-state index in [-0.39, 0.29) is 12.1 Å². The Labute approximate surface area is 74.4 Å². The number of ether oxygens (including phenoxy) is 2. The van der Waals surface area contributed by atoms with E-state index >= 15 is 0 Å². The first-order valence-electron chi connectivity index (χ1n) is 4.32. The highest BCUT2D eigenvalue weighted by molar-refractivity contribution is 4.69. The molecule has 0 aromatic carbocycles. The van der Waals surface area contributed by atoms with Gasteiger partial charge in [-0.05, 0) is 13.3 Å². The number of nitrogens with one attached hydrogen (secondary N) is 1. The summed E-state index contributed by atoms with van der Waals surface area (Å²) in [5.74, 6) is 5.32. The fourth-order valence-corrected chi connectivity index (χ4v) is 0.838. The zero-order valence-electron chi connectivity index (χ0n) is 8.17. The van der Waals surface area contributed by atoms with E-state index in [2.05, 4.69) is 12.3 Å². The summed E-state index contributed by atoms with van der Waals surface area (Å²) in [5, 5.41) is 0. The second-order valence-corrected chi connectivity index (χ2v) is 2.79. The van der Waals surface area contributed by atoms with Gasteiger partial charge in [-0.1, -0.05) is 6.92 Å². The van der Waals surface area contributed by atoms with Gasteiger partial charge in [0, 0.05) is 13.7 Å². The normalized spacial score (nSPS) is 16.0. The molecule has 0 aliphatic rings. The molecule has 2 unspecified atom stereocenters. The Morgan fingerprint density at radius 2 is 2.17 bits per heavy atom. The van der Waals surface area contributed by atoms with Crippen LogP contribution in [0.2, 0.25) is 0 Å². The third-order valence-electron chi connectivity index (χ3n) is 1.80. The first kappa shape index (κ1) is 11.8. The maximum atomic E-state index is 5.34. The molecular formula is C8H20N2O2. The van der Waals surface area contributed by atoms with Gasteiger partial charge < -0.3 is 9.47 Å². The minimum atomic E-state index is 0.0709. The molecule has 2 atom stereocenters. The molecule has 74 valence electrons. The maximum absolute atomic E-state index is 5.34. The molecule has 0 aromatic heterocycles. The smallest absolute Gasteiger partial charge is 0.0732 e. The first-order chi connectivity index (χ1) is 5.76. The van der Waals surface area contributed by atoms with Gasteiger partial charge in [0.25, 0.3) is 0 Å². The van der Waals surface area contributed by atoms with E-state index in [1.54, 1.807) is 7.11 Å². The van der Waals surface area contributed by atoms with Gasteiger partial charge in [0.1, 0.15) is 0 Å². The van der Waals surface area contributed by atoms with Crippen molar-refractivity contribution in [3.63, 3.8) is 0 Å². The minimum absolute atomic E-state index is 0.0709. The topological polar surface area (TPSA) is 56.5 Å². The number of hydrogen-bond acceptors (Lipinski definition) is 4. The Kier molecular flexibility index (Phi) is 7.39. The van der Waals surface area contributed by atoms with Crippen molar-refractivity contribution >= 4 is 0 Å². The maximum Gasteiger partial charge on any atom is 0.0732 e. The van der Waals surface area contributed by atoms with Crippen molar-refractivity contribution in [1.82, 2.24) is 5.43 Å². The average molecular weight is 176 g/mol. The van der Waals surface area contributed by atoms with E-state index in [9.17, 15) is 0 Å². The van der Waals surface area contributed by atoms with Crippen LogP contribution in [0.25, 0.3) is 0 Å². The summed E-state index contributed by atoms with van der Waals surface area (Å²) < 4.78 is 10.4. The van der Waals surface area contributed by atoms with Gasteiger partial charge in [0.15, 0.2) is 0 Å². The quantitative estimate of drug-likeness (QED) is 0.332. The van der Waals surface area contributed by atoms with E-state index in [1.807, 2.05) is 6.92 Å². The predicted molar refractivity (Wildman–Crippen MR) is 48.7 cm³/mol. The van der Waals surface area contributed by atoms with Gasteiger partial charge in [0.05, 0.1) is 18.8 Å². The molecule has 4 nitrogen and oxygen atoms in total. The second kappa shape index (κ2) is 7.49. The summed E-state index contributed by atoms with van der Waals surface area (Å²) >= 11 is 0. The summed E-state index contributed by atoms with van der Waals surface area (Å²) in [5.41, 5.74) is 2.66. The molecule has 0 radical (unpaired) electrons. The van der Waals surface area contributed by atoms with Crippen LogP contribution < -0.4 is 11.3 Å². The average Bonchev–Trinajstić information content (AvgIpc) is 2.11. The van der Waals surface area contributed by atoms with Gasteiger partial charge in [-0.15, -0.1) is 0 Å². The van der Waals surface area contributed by atoms with E-state index in [1.165, 1.54) is 0 Å². The summed E-state index contributed by atoms with van der Waals surface area (Å²) in [6, 6.07) is 0.0709. The van der Waals surface area contributed by atoms with E-state index in [4.69, 9.17) is 15.3 Å². The molecule has 3 N–H and O–H groups in total. The standard InChI is InChI=1S/C8H20N2O2/c1-4-5-12-6-8(10-9)7(2)11-3/h7-8,10H,4-6,9H2,1-3H3. The number of nitrogens with two attached hydrogens (primary N) is 1. The van der Waals surface area contributed by atoms with Crippen LogP contribution in [-0.4, -0.2) is 32.5 Å². The van der Waals surface area contributed by atoms with E-state index in [0.29, 0.717) is 6.61 Å². The van der Waals surface area contributed by atoms with Crippen molar-refractivity contribution in [2.75, 3.05) is 20.3 Å². The molecular weight excluding hydrogens is 156 g/mol. The first-order valence-corrected chi connectivity index (χ1v) is 4.32. The highest BCUT2D eigenvalue weighted by atomic mass is 16.5. The van der Waals surface area contributed by atoms with Crippen molar-refractivity contribution in [2.24, 2.45) is 5.84 Å². The molecule has 0 bridgehead atoms. The lowest BCUT2D eigenvalue weighted by atomic mass is 10.2. The molecule has 0 saturated heterocycles. The lowest BCUT2D eigenvalue weighted by Crippen LogP contribution is -2.46. The second-order valence-electron chi connectivity index (χ2n) is 2.79. The minimum Gasteiger partial charge on any atom is -0.380 e. The highest BCUT2D eigenvalue weighted by Crippen LogP contribution is 1.97. The number of hydrogen-bond donors (Lipinski definition) is 2. The van der Waals surface area contributed by atoms with Crippen LogP contribution in [0.4, 0.5) is 0 Å². The molecule has 12 heavy (non-hydrogen) atoms. The summed E-state index contributed by atoms with van der Waals surface area (Å²) in [6.45, 7) is 5.40. The van der Waals surface area contributed by atoms with Crippen LogP contribution in [0.5, 0.6) is 0 Å². The molecule has 0 saturated carbocycles. The Hall–Kier alpha value is -0.160. The van der Waals surface area contributed by atoms with Crippen molar-refractivity contribution in [3.05, 3.63) is 0 Å². The van der Waals surface area contributed by atoms with Crippen LogP contribution in [0.3, 0.4) is 0 Å². The summed E-state index contributed by atoms with van der Waals surface area (Å²) in [4.78, 5) is 0. The van der Waals surface area contributed by atoms with Gasteiger partial charge in [0.2, 0.25) is 0 Å². The van der Waals surface area contributed by atoms with Crippen LogP contribution in [0.1, 0.15) is 20.3 Å². The molecule has 0 amide bonds. The number of methoxy groups -OCH3 is 1. The molecule has 0 fully saturated rings. The zero-order valence-corrected chi connectivity index (χ0v) is 8.17. The fourth-order valence-electron chi connectivity index (χ4n) is 0.838. The van der Waals surface area contributed by atoms with E-state index in [0.717, 1.165) is 13.0 Å². The van der Waals surface area contributed by atoms with Crippen LogP contribution in [0, 0.1) is 0 Å². The Bertz CT molecular complexity index is 101. The van der Waals surface area contributed by atoms with Crippen molar-refractivity contribution in [3.8, 4) is 0 Å². The zero-order chi connectivity index (χ0) is 9.40. The van der Waals surface area contributed by atoms with Crippen molar-refractivity contribution in [2.45, 2.75) is 32.4 Å². The molecule has 0 heterocycles. The van der Waals surface area contributed by atoms with Gasteiger partial charge in [-0.3, -0.25) is 11.3 Å². The number of hydrazine groups is 1.